The third-order valence-electron chi connectivity index (χ3n) is 5.66. The summed E-state index contributed by atoms with van der Waals surface area (Å²) in [4.78, 5) is 6.69. The number of aromatic amines is 2. The molecule has 3 aromatic carbocycles. The summed E-state index contributed by atoms with van der Waals surface area (Å²) in [5, 5.41) is 6.87. The van der Waals surface area contributed by atoms with Gasteiger partial charge in [-0.25, -0.2) is 26.6 Å². The smallest absolute Gasteiger partial charge is 0.184 e. The van der Waals surface area contributed by atoms with Gasteiger partial charge in [-0.3, -0.25) is 5.10 Å². The number of methoxy groups -OCH3 is 1. The molecule has 2 N–H and O–H groups in total. The zero-order chi connectivity index (χ0) is 25.6. The molecule has 0 aliphatic carbocycles. The Morgan fingerprint density at radius 2 is 1.86 bits per heavy atom. The lowest BCUT2D eigenvalue weighted by Gasteiger charge is -2.13. The molecule has 0 unspecified atom stereocenters. The van der Waals surface area contributed by atoms with Crippen molar-refractivity contribution in [2.45, 2.75) is 10.6 Å². The van der Waals surface area contributed by atoms with Gasteiger partial charge in [0.2, 0.25) is 0 Å². The minimum atomic E-state index is -4.17. The molecule has 0 spiro atoms. The maximum absolute atomic E-state index is 15.5. The summed E-state index contributed by atoms with van der Waals surface area (Å²) in [5.41, 5.74) is -1.23. The fraction of sp³-hybridized carbons (Fsp3) is 0.0833. The summed E-state index contributed by atoms with van der Waals surface area (Å²) in [6, 6.07) is 8.57. The summed E-state index contributed by atoms with van der Waals surface area (Å²) < 4.78 is 76.9. The maximum atomic E-state index is 15.5. The van der Waals surface area contributed by atoms with E-state index in [1.54, 1.807) is 6.20 Å². The van der Waals surface area contributed by atoms with E-state index >= 15 is 8.78 Å². The van der Waals surface area contributed by atoms with E-state index in [-0.39, 0.29) is 26.7 Å². The topological polar surface area (TPSA) is 101 Å². The van der Waals surface area contributed by atoms with Crippen molar-refractivity contribution >= 4 is 32.3 Å². The molecule has 0 radical (unpaired) electrons. The average molecular weight is 533 g/mol. The molecular weight excluding hydrogens is 517 g/mol. The van der Waals surface area contributed by atoms with Gasteiger partial charge >= 0.3 is 0 Å². The number of rotatable bonds is 6. The lowest BCUT2D eigenvalue weighted by Crippen LogP contribution is -2.09. The second-order valence-electron chi connectivity index (χ2n) is 7.81. The highest BCUT2D eigenvalue weighted by atomic mass is 35.5. The fourth-order valence-corrected chi connectivity index (χ4v) is 5.83. The average Bonchev–Trinajstić information content (AvgIpc) is 3.53. The van der Waals surface area contributed by atoms with Crippen molar-refractivity contribution in [1.29, 1.82) is 0 Å². The first-order valence-corrected chi connectivity index (χ1v) is 12.4. The quantitative estimate of drug-likeness (QED) is 0.293. The Balaban J connectivity index is 1.59. The first kappa shape index (κ1) is 23.9. The normalized spacial score (nSPS) is 11.8. The molecule has 36 heavy (non-hydrogen) atoms. The summed E-state index contributed by atoms with van der Waals surface area (Å²) in [5.74, 6) is -3.44. The van der Waals surface area contributed by atoms with Crippen LogP contribution in [0.25, 0.3) is 33.5 Å². The molecule has 2 heterocycles. The molecule has 5 aromatic rings. The Morgan fingerprint density at radius 1 is 1.06 bits per heavy atom. The van der Waals surface area contributed by atoms with Crippen molar-refractivity contribution in [2.75, 3.05) is 7.11 Å². The molecule has 7 nitrogen and oxygen atoms in total. The zero-order valence-electron chi connectivity index (χ0n) is 18.4. The van der Waals surface area contributed by atoms with Crippen LogP contribution in [0.2, 0.25) is 5.02 Å². The Bertz CT molecular complexity index is 1720. The van der Waals surface area contributed by atoms with Crippen LogP contribution < -0.4 is 4.74 Å². The van der Waals surface area contributed by atoms with Crippen molar-refractivity contribution in [2.24, 2.45) is 0 Å². The second kappa shape index (κ2) is 8.99. The molecule has 184 valence electrons. The highest BCUT2D eigenvalue weighted by Crippen LogP contribution is 2.36. The molecule has 0 aliphatic heterocycles. The van der Waals surface area contributed by atoms with Crippen LogP contribution in [0, 0.1) is 17.5 Å². The van der Waals surface area contributed by atoms with Crippen LogP contribution in [0.3, 0.4) is 0 Å². The van der Waals surface area contributed by atoms with Gasteiger partial charge in [0.05, 0.1) is 28.3 Å². The van der Waals surface area contributed by atoms with Gasteiger partial charge in [0.25, 0.3) is 0 Å². The Morgan fingerprint density at radius 3 is 2.58 bits per heavy atom. The van der Waals surface area contributed by atoms with Crippen LogP contribution in [0.15, 0.2) is 59.8 Å². The van der Waals surface area contributed by atoms with Crippen molar-refractivity contribution in [1.82, 2.24) is 20.2 Å². The number of ether oxygens (including phenoxy) is 1. The Hall–Kier alpha value is -3.83. The van der Waals surface area contributed by atoms with E-state index in [2.05, 4.69) is 20.2 Å². The number of H-pyrrole nitrogens is 2. The van der Waals surface area contributed by atoms with Gasteiger partial charge in [0.1, 0.15) is 28.6 Å². The van der Waals surface area contributed by atoms with E-state index in [4.69, 9.17) is 16.3 Å². The lowest BCUT2D eigenvalue weighted by molar-refractivity contribution is 0.413. The van der Waals surface area contributed by atoms with E-state index in [1.165, 1.54) is 43.6 Å². The van der Waals surface area contributed by atoms with Crippen molar-refractivity contribution < 1.29 is 26.3 Å². The minimum Gasteiger partial charge on any atom is -0.497 e. The Kier molecular flexibility index (Phi) is 5.97. The van der Waals surface area contributed by atoms with Crippen LogP contribution in [-0.4, -0.2) is 35.7 Å². The van der Waals surface area contributed by atoms with Crippen molar-refractivity contribution in [3.05, 3.63) is 82.9 Å². The fourth-order valence-electron chi connectivity index (χ4n) is 3.91. The molecule has 5 rings (SSSR count). The van der Waals surface area contributed by atoms with Crippen LogP contribution in [0.1, 0.15) is 5.56 Å². The van der Waals surface area contributed by atoms with Gasteiger partial charge in [-0.2, -0.15) is 5.10 Å². The standard InChI is InChI=1S/C24H16ClF3N4O3S/c1-35-13-3-6-16(25)18(10-13)36(33,34)11-12-2-7-17(26)19(20(12)27)14-4-5-15-22(21(14)28)31-32-23(15)24-29-8-9-30-24/h2-10H,11H2,1H3,(H,29,30)(H,31,32). The predicted octanol–water partition coefficient (Wildman–Crippen LogP) is 5.67. The van der Waals surface area contributed by atoms with Crippen LogP contribution in [-0.2, 0) is 15.6 Å². The molecule has 0 fully saturated rings. The number of nitrogens with one attached hydrogen (secondary N) is 2. The van der Waals surface area contributed by atoms with Crippen LogP contribution >= 0.6 is 11.6 Å². The number of fused-ring (bicyclic) bond motifs is 1. The van der Waals surface area contributed by atoms with Crippen molar-refractivity contribution in [3.63, 3.8) is 0 Å². The minimum absolute atomic E-state index is 0.0825. The molecule has 0 atom stereocenters. The van der Waals surface area contributed by atoms with Gasteiger partial charge in [0, 0.05) is 35.0 Å². The molecule has 0 amide bonds. The molecular formula is C24H16ClF3N4O3S. The number of aromatic nitrogens is 4. The number of hydrogen-bond donors (Lipinski definition) is 2. The second-order valence-corrected chi connectivity index (χ2v) is 10.2. The summed E-state index contributed by atoms with van der Waals surface area (Å²) in [6.07, 6.45) is 3.09. The predicted molar refractivity (Wildman–Crippen MR) is 128 cm³/mol. The SMILES string of the molecule is COc1ccc(Cl)c(S(=O)(=O)Cc2ccc(F)c(-c3ccc4c(-c5ncc[nH]5)[nH]nc4c3F)c2F)c1. The van der Waals surface area contributed by atoms with Gasteiger partial charge in [-0.05, 0) is 24.3 Å². The van der Waals surface area contributed by atoms with Gasteiger partial charge < -0.3 is 9.72 Å². The van der Waals surface area contributed by atoms with Gasteiger partial charge in [0.15, 0.2) is 21.5 Å². The summed E-state index contributed by atoms with van der Waals surface area (Å²) in [7, 11) is -2.82. The Labute approximate surface area is 207 Å². The lowest BCUT2D eigenvalue weighted by atomic mass is 9.99. The van der Waals surface area contributed by atoms with Crippen LogP contribution in [0.4, 0.5) is 13.2 Å². The molecule has 2 aromatic heterocycles. The summed E-state index contributed by atoms with van der Waals surface area (Å²) >= 11 is 6.06. The monoisotopic (exact) mass is 532 g/mol. The first-order valence-electron chi connectivity index (χ1n) is 10.4. The van der Waals surface area contributed by atoms with Gasteiger partial charge in [-0.1, -0.05) is 23.7 Å². The highest BCUT2D eigenvalue weighted by Gasteiger charge is 2.26. The van der Waals surface area contributed by atoms with E-state index in [1.807, 2.05) is 0 Å². The number of benzene rings is 3. The molecule has 0 saturated carbocycles. The molecule has 12 heteroatoms. The van der Waals surface area contributed by atoms with E-state index in [9.17, 15) is 12.8 Å². The van der Waals surface area contributed by atoms with Gasteiger partial charge in [-0.15, -0.1) is 0 Å². The summed E-state index contributed by atoms with van der Waals surface area (Å²) in [6.45, 7) is 0. The number of sulfone groups is 1. The number of hydrogen-bond acceptors (Lipinski definition) is 5. The number of halogens is 4. The van der Waals surface area contributed by atoms with E-state index < -0.39 is 44.2 Å². The maximum Gasteiger partial charge on any atom is 0.184 e. The number of nitrogens with zero attached hydrogens (tertiary/aromatic N) is 2. The first-order chi connectivity index (χ1) is 17.2. The van der Waals surface area contributed by atoms with E-state index in [0.29, 0.717) is 16.9 Å². The molecule has 0 aliphatic rings. The number of imidazole rings is 1. The zero-order valence-corrected chi connectivity index (χ0v) is 20.0. The van der Waals surface area contributed by atoms with E-state index in [0.717, 1.165) is 12.1 Å². The highest BCUT2D eigenvalue weighted by molar-refractivity contribution is 7.90. The third-order valence-corrected chi connectivity index (χ3v) is 7.80. The largest absolute Gasteiger partial charge is 0.497 e. The van der Waals surface area contributed by atoms with Crippen molar-refractivity contribution in [3.8, 4) is 28.4 Å². The van der Waals surface area contributed by atoms with Crippen LogP contribution in [0.5, 0.6) is 5.75 Å². The molecule has 0 saturated heterocycles. The molecule has 0 bridgehead atoms. The third kappa shape index (κ3) is 3.99.